The molecule has 0 fully saturated rings. The van der Waals surface area contributed by atoms with Gasteiger partial charge in [0, 0.05) is 24.4 Å². The van der Waals surface area contributed by atoms with Gasteiger partial charge in [-0.3, -0.25) is 9.59 Å². The van der Waals surface area contributed by atoms with Gasteiger partial charge in [-0.15, -0.1) is 11.3 Å². The van der Waals surface area contributed by atoms with Crippen molar-refractivity contribution in [3.8, 4) is 0 Å². The molecule has 2 amide bonds. The van der Waals surface area contributed by atoms with Gasteiger partial charge >= 0.3 is 0 Å². The lowest BCUT2D eigenvalue weighted by molar-refractivity contribution is -0.135. The zero-order valence-electron chi connectivity index (χ0n) is 12.0. The Kier molecular flexibility index (Phi) is 4.42. The monoisotopic (exact) mass is 332 g/mol. The summed E-state index contributed by atoms with van der Waals surface area (Å²) in [4.78, 5) is 27.8. The summed E-state index contributed by atoms with van der Waals surface area (Å²) in [5.74, 6) is -0.913. The summed E-state index contributed by atoms with van der Waals surface area (Å²) < 4.78 is 13.0. The van der Waals surface area contributed by atoms with E-state index in [1.807, 2.05) is 0 Å². The summed E-state index contributed by atoms with van der Waals surface area (Å²) in [5.41, 5.74) is 1.40. The number of nitrogens with zero attached hydrogens (tertiary/aromatic N) is 3. The van der Waals surface area contributed by atoms with Gasteiger partial charge in [0.1, 0.15) is 12.4 Å². The quantitative estimate of drug-likeness (QED) is 0.933. The minimum atomic E-state index is -0.364. The summed E-state index contributed by atoms with van der Waals surface area (Å²) >= 11 is 1.29. The van der Waals surface area contributed by atoms with Crippen LogP contribution in [0.15, 0.2) is 40.9 Å². The summed E-state index contributed by atoms with van der Waals surface area (Å²) in [6, 6.07) is 5.90. The van der Waals surface area contributed by atoms with Crippen molar-refractivity contribution in [1.29, 1.82) is 0 Å². The zero-order chi connectivity index (χ0) is 16.2. The van der Waals surface area contributed by atoms with Crippen molar-refractivity contribution in [2.45, 2.75) is 12.8 Å². The first kappa shape index (κ1) is 15.3. The maximum atomic E-state index is 13.0. The van der Waals surface area contributed by atoms with E-state index in [2.05, 4.69) is 15.4 Å². The Balaban J connectivity index is 1.72. The summed E-state index contributed by atoms with van der Waals surface area (Å²) in [7, 11) is 0. The summed E-state index contributed by atoms with van der Waals surface area (Å²) in [6.07, 6.45) is 2.31. The molecule has 2 aromatic rings. The molecule has 0 saturated heterocycles. The maximum Gasteiger partial charge on any atom is 0.248 e. The van der Waals surface area contributed by atoms with E-state index in [0.717, 1.165) is 10.6 Å². The first-order valence-electron chi connectivity index (χ1n) is 6.95. The number of benzene rings is 1. The van der Waals surface area contributed by atoms with E-state index < -0.39 is 0 Å². The Hall–Kier alpha value is -2.61. The van der Waals surface area contributed by atoms with E-state index in [1.165, 1.54) is 23.5 Å². The Labute approximate surface area is 135 Å². The number of nitrogens with one attached hydrogen (secondary N) is 1. The van der Waals surface area contributed by atoms with Crippen molar-refractivity contribution in [2.75, 3.05) is 11.9 Å². The fourth-order valence-corrected chi connectivity index (χ4v) is 2.70. The number of carbonyl (C=O) groups is 2. The van der Waals surface area contributed by atoms with Crippen LogP contribution in [0.5, 0.6) is 0 Å². The molecule has 6 nitrogen and oxygen atoms in total. The average Bonchev–Trinajstić information content (AvgIpc) is 3.03. The summed E-state index contributed by atoms with van der Waals surface area (Å²) in [6.45, 7) is -0.177. The summed E-state index contributed by atoms with van der Waals surface area (Å²) in [5, 5.41) is 10.2. The van der Waals surface area contributed by atoms with Gasteiger partial charge in [-0.2, -0.15) is 5.10 Å². The Bertz CT molecular complexity index is 743. The molecule has 8 heteroatoms. The molecule has 1 aromatic heterocycles. The molecular weight excluding hydrogens is 319 g/mol. The molecule has 0 bridgehead atoms. The molecule has 0 spiro atoms. The maximum absolute atomic E-state index is 13.0. The largest absolute Gasteiger partial charge is 0.300 e. The third kappa shape index (κ3) is 3.78. The second-order valence-electron chi connectivity index (χ2n) is 4.89. The molecule has 118 valence electrons. The molecule has 1 aromatic carbocycles. The number of rotatable bonds is 4. The number of amides is 2. The van der Waals surface area contributed by atoms with Gasteiger partial charge in [-0.25, -0.2) is 14.4 Å². The number of thiazole rings is 1. The topological polar surface area (TPSA) is 74.7 Å². The van der Waals surface area contributed by atoms with Crippen molar-refractivity contribution in [3.05, 3.63) is 47.2 Å². The van der Waals surface area contributed by atoms with Crippen molar-refractivity contribution >= 4 is 34.0 Å². The number of hydrazone groups is 1. The van der Waals surface area contributed by atoms with Crippen LogP contribution in [0.3, 0.4) is 0 Å². The van der Waals surface area contributed by atoms with Gasteiger partial charge < -0.3 is 5.32 Å². The van der Waals surface area contributed by atoms with Crippen LogP contribution in [-0.4, -0.2) is 34.1 Å². The minimum absolute atomic E-state index is 0.177. The zero-order valence-corrected chi connectivity index (χ0v) is 12.8. The fourth-order valence-electron chi connectivity index (χ4n) is 2.15. The van der Waals surface area contributed by atoms with Gasteiger partial charge in [0.25, 0.3) is 0 Å². The second kappa shape index (κ2) is 6.66. The molecule has 2 heterocycles. The highest BCUT2D eigenvalue weighted by Gasteiger charge is 2.23. The molecule has 0 aliphatic carbocycles. The molecule has 0 saturated carbocycles. The smallest absolute Gasteiger partial charge is 0.248 e. The normalized spacial score (nSPS) is 14.6. The minimum Gasteiger partial charge on any atom is -0.300 e. The van der Waals surface area contributed by atoms with Crippen molar-refractivity contribution < 1.29 is 14.0 Å². The number of carbonyl (C=O) groups excluding carboxylic acids is 2. The van der Waals surface area contributed by atoms with Gasteiger partial charge in [-0.1, -0.05) is 12.1 Å². The predicted octanol–water partition coefficient (Wildman–Crippen LogP) is 2.25. The van der Waals surface area contributed by atoms with Gasteiger partial charge in [0.05, 0.1) is 5.71 Å². The molecule has 0 atom stereocenters. The number of aromatic nitrogens is 1. The standard InChI is InChI=1S/C15H13FN4O2S/c16-11-3-1-10(2-4-11)12-5-6-14(22)20(19-12)9-13(21)18-15-17-7-8-23-15/h1-4,7-8H,5-6,9H2,(H,17,18,21). The lowest BCUT2D eigenvalue weighted by Crippen LogP contribution is -2.37. The van der Waals surface area contributed by atoms with E-state index in [9.17, 15) is 14.0 Å². The Morgan fingerprint density at radius 2 is 2.09 bits per heavy atom. The van der Waals surface area contributed by atoms with Crippen LogP contribution < -0.4 is 5.32 Å². The third-order valence-electron chi connectivity index (χ3n) is 3.25. The van der Waals surface area contributed by atoms with E-state index >= 15 is 0 Å². The van der Waals surface area contributed by atoms with E-state index in [1.54, 1.807) is 23.7 Å². The van der Waals surface area contributed by atoms with Crippen LogP contribution >= 0.6 is 11.3 Å². The van der Waals surface area contributed by atoms with Crippen molar-refractivity contribution in [3.63, 3.8) is 0 Å². The Morgan fingerprint density at radius 3 is 2.78 bits per heavy atom. The molecule has 1 aliphatic heterocycles. The highest BCUT2D eigenvalue weighted by atomic mass is 32.1. The predicted molar refractivity (Wildman–Crippen MR) is 84.6 cm³/mol. The lowest BCUT2D eigenvalue weighted by Gasteiger charge is -2.23. The van der Waals surface area contributed by atoms with E-state index in [-0.39, 0.29) is 30.6 Å². The molecule has 1 aliphatic rings. The number of hydrogen-bond acceptors (Lipinski definition) is 5. The molecule has 0 unspecified atom stereocenters. The molecule has 23 heavy (non-hydrogen) atoms. The molecule has 1 N–H and O–H groups in total. The van der Waals surface area contributed by atoms with Gasteiger partial charge in [0.2, 0.25) is 11.8 Å². The number of anilines is 1. The van der Waals surface area contributed by atoms with Crippen LogP contribution in [0, 0.1) is 5.82 Å². The van der Waals surface area contributed by atoms with Crippen LogP contribution in [0.4, 0.5) is 9.52 Å². The highest BCUT2D eigenvalue weighted by molar-refractivity contribution is 7.13. The molecule has 3 rings (SSSR count). The van der Waals surface area contributed by atoms with Crippen LogP contribution in [-0.2, 0) is 9.59 Å². The van der Waals surface area contributed by atoms with Crippen LogP contribution in [0.25, 0.3) is 0 Å². The molecular formula is C15H13FN4O2S. The highest BCUT2D eigenvalue weighted by Crippen LogP contribution is 2.16. The Morgan fingerprint density at radius 1 is 1.30 bits per heavy atom. The SMILES string of the molecule is O=C(CN1N=C(c2ccc(F)cc2)CCC1=O)Nc1nccs1. The first-order valence-corrected chi connectivity index (χ1v) is 7.83. The molecule has 0 radical (unpaired) electrons. The van der Waals surface area contributed by atoms with Crippen molar-refractivity contribution in [2.24, 2.45) is 5.10 Å². The third-order valence-corrected chi connectivity index (χ3v) is 3.94. The van der Waals surface area contributed by atoms with Gasteiger partial charge in [-0.05, 0) is 17.7 Å². The van der Waals surface area contributed by atoms with Crippen LogP contribution in [0.2, 0.25) is 0 Å². The van der Waals surface area contributed by atoms with Gasteiger partial charge in [0.15, 0.2) is 5.13 Å². The number of halogens is 1. The average molecular weight is 332 g/mol. The van der Waals surface area contributed by atoms with E-state index in [4.69, 9.17) is 0 Å². The lowest BCUT2D eigenvalue weighted by atomic mass is 10.0. The van der Waals surface area contributed by atoms with Crippen LogP contribution in [0.1, 0.15) is 18.4 Å². The second-order valence-corrected chi connectivity index (χ2v) is 5.78. The fraction of sp³-hybridized carbons (Fsp3) is 0.200. The van der Waals surface area contributed by atoms with Crippen molar-refractivity contribution in [1.82, 2.24) is 9.99 Å². The number of hydrogen-bond donors (Lipinski definition) is 1. The van der Waals surface area contributed by atoms with E-state index in [0.29, 0.717) is 17.3 Å². The first-order chi connectivity index (χ1) is 11.1.